The van der Waals surface area contributed by atoms with Crippen LogP contribution in [-0.2, 0) is 9.09 Å². The van der Waals surface area contributed by atoms with E-state index in [4.69, 9.17) is 9.79 Å². The zero-order valence-corrected chi connectivity index (χ0v) is 29.4. The van der Waals surface area contributed by atoms with Gasteiger partial charge in [0, 0.05) is 29.1 Å². The van der Waals surface area contributed by atoms with E-state index < -0.39 is 13.3 Å². The van der Waals surface area contributed by atoms with Gasteiger partial charge in [0.05, 0.1) is 24.0 Å². The lowest BCUT2D eigenvalue weighted by Crippen LogP contribution is -2.50. The van der Waals surface area contributed by atoms with Crippen LogP contribution in [0.15, 0.2) is 24.3 Å². The molecule has 1 aromatic rings. The van der Waals surface area contributed by atoms with Crippen molar-refractivity contribution in [2.24, 2.45) is 0 Å². The topological polar surface area (TPSA) is 117 Å². The molecule has 1 rings (SSSR count). The number of rotatable bonds is 27. The molecule has 0 aliphatic rings. The monoisotopic (exact) mass is 635 g/mol. The Morgan fingerprint density at radius 1 is 0.909 bits per heavy atom. The van der Waals surface area contributed by atoms with Crippen molar-refractivity contribution in [3.63, 3.8) is 0 Å². The average molecular weight is 636 g/mol. The van der Waals surface area contributed by atoms with Crippen LogP contribution in [0.3, 0.4) is 0 Å². The zero-order chi connectivity index (χ0) is 32.8. The summed E-state index contributed by atoms with van der Waals surface area (Å²) < 4.78 is 20.3. The molecule has 1 N–H and O–H groups in total. The average Bonchev–Trinajstić information content (AvgIpc) is 2.96. The summed E-state index contributed by atoms with van der Waals surface area (Å²) in [6.07, 6.45) is 22.4. The maximum atomic E-state index is 13.5. The number of para-hydroxylation sites is 1. The Morgan fingerprint density at radius 3 is 1.80 bits per heavy atom. The van der Waals surface area contributed by atoms with Gasteiger partial charge in [0.1, 0.15) is 0 Å². The van der Waals surface area contributed by atoms with Crippen molar-refractivity contribution in [3.05, 3.63) is 39.9 Å². The van der Waals surface area contributed by atoms with Gasteiger partial charge in [0.15, 0.2) is 0 Å². The first kappa shape index (κ1) is 40.2. The van der Waals surface area contributed by atoms with E-state index in [1.165, 1.54) is 101 Å². The van der Waals surface area contributed by atoms with Gasteiger partial charge in [-0.25, -0.2) is 9.24 Å². The van der Waals surface area contributed by atoms with Crippen molar-refractivity contribution in [2.45, 2.75) is 174 Å². The summed E-state index contributed by atoms with van der Waals surface area (Å²) in [5, 5.41) is 20.9. The highest BCUT2D eigenvalue weighted by atomic mass is 31.2. The summed E-state index contributed by atoms with van der Waals surface area (Å²) in [6, 6.07) is 8.30. The minimum absolute atomic E-state index is 0.00372. The summed E-state index contributed by atoms with van der Waals surface area (Å²) >= 11 is 0. The predicted molar refractivity (Wildman–Crippen MR) is 182 cm³/mol. The highest BCUT2D eigenvalue weighted by Gasteiger charge is 2.48. The fourth-order valence-electron chi connectivity index (χ4n) is 6.63. The van der Waals surface area contributed by atoms with Gasteiger partial charge in [-0.1, -0.05) is 134 Å². The Kier molecular flexibility index (Phi) is 20.7. The Morgan fingerprint density at radius 2 is 1.36 bits per heavy atom. The maximum Gasteiger partial charge on any atom is 0.406 e. The molecule has 2 unspecified atom stereocenters. The van der Waals surface area contributed by atoms with Crippen molar-refractivity contribution in [3.8, 4) is 6.07 Å². The first-order chi connectivity index (χ1) is 21.0. The second kappa shape index (κ2) is 22.7. The molecule has 9 heteroatoms. The van der Waals surface area contributed by atoms with Crippen LogP contribution in [0.2, 0.25) is 0 Å². The maximum absolute atomic E-state index is 13.5. The van der Waals surface area contributed by atoms with Crippen LogP contribution in [-0.4, -0.2) is 32.7 Å². The van der Waals surface area contributed by atoms with E-state index in [9.17, 15) is 19.6 Å². The molecule has 0 bridgehead atoms. The van der Waals surface area contributed by atoms with Gasteiger partial charge in [-0.15, -0.1) is 0 Å². The van der Waals surface area contributed by atoms with Crippen LogP contribution in [0.4, 0.5) is 5.69 Å². The fraction of sp³-hybridized carbons (Fsp3) is 0.800. The van der Waals surface area contributed by atoms with Crippen LogP contribution >= 0.6 is 7.75 Å². The largest absolute Gasteiger partial charge is 0.406 e. The first-order valence-electron chi connectivity index (χ1n) is 17.4. The van der Waals surface area contributed by atoms with Crippen molar-refractivity contribution in [2.75, 3.05) is 6.61 Å². The van der Waals surface area contributed by atoms with Crippen molar-refractivity contribution >= 4 is 13.4 Å². The predicted octanol–water partition coefficient (Wildman–Crippen LogP) is 11.2. The molecule has 0 aliphatic carbocycles. The molecule has 0 aliphatic heterocycles. The van der Waals surface area contributed by atoms with Crippen molar-refractivity contribution in [1.29, 1.82) is 5.26 Å². The zero-order valence-electron chi connectivity index (χ0n) is 28.5. The van der Waals surface area contributed by atoms with Gasteiger partial charge < -0.3 is 4.89 Å². The van der Waals surface area contributed by atoms with Crippen LogP contribution < -0.4 is 0 Å². The fourth-order valence-corrected chi connectivity index (χ4v) is 8.45. The number of nitrogens with zero attached hydrogens (tertiary/aromatic N) is 3. The Bertz CT molecular complexity index is 1010. The Labute approximate surface area is 268 Å². The van der Waals surface area contributed by atoms with Gasteiger partial charge in [-0.2, -0.15) is 5.26 Å². The molecule has 8 nitrogen and oxygen atoms in total. The normalized spacial score (nSPS) is 14.1. The standard InChI is InChI=1S/C35H62N3O5P/c1-6-7-8-9-10-11-12-13-14-15-16-17-18-19-20-21-22-27-33(32-26-23-24-28-34(32)38(39)40)35(4,5)37(31(2)3)44(41,42)43-30-25-29-36/h23-24,26,28,31,33H,6-22,25,27,30H2,1-5H3,(H,41,42). The van der Waals surface area contributed by atoms with E-state index in [0.29, 0.717) is 12.0 Å². The van der Waals surface area contributed by atoms with Crippen LogP contribution in [0.25, 0.3) is 0 Å². The number of hydrogen-bond acceptors (Lipinski definition) is 5. The molecular weight excluding hydrogens is 573 g/mol. The van der Waals surface area contributed by atoms with Crippen LogP contribution in [0.5, 0.6) is 0 Å². The van der Waals surface area contributed by atoms with Gasteiger partial charge in [-0.3, -0.25) is 14.6 Å². The summed E-state index contributed by atoms with van der Waals surface area (Å²) in [7, 11) is -4.29. The molecule has 2 atom stereocenters. The molecule has 1 aromatic carbocycles. The number of nitro benzene ring substituents is 1. The number of unbranched alkanes of at least 4 members (excludes halogenated alkanes) is 16. The quantitative estimate of drug-likeness (QED) is 0.0442. The molecule has 0 heterocycles. The number of nitriles is 1. The van der Waals surface area contributed by atoms with Gasteiger partial charge in [0.25, 0.3) is 5.69 Å². The second-order valence-electron chi connectivity index (χ2n) is 13.1. The third kappa shape index (κ3) is 15.0. The van der Waals surface area contributed by atoms with E-state index in [2.05, 4.69) is 6.92 Å². The molecule has 0 spiro atoms. The summed E-state index contributed by atoms with van der Waals surface area (Å²) in [6.45, 7) is 9.51. The highest BCUT2D eigenvalue weighted by molar-refractivity contribution is 7.50. The molecule has 0 fully saturated rings. The van der Waals surface area contributed by atoms with E-state index >= 15 is 0 Å². The molecule has 0 radical (unpaired) electrons. The Hall–Kier alpha value is -1.78. The van der Waals surface area contributed by atoms with Gasteiger partial charge in [0.2, 0.25) is 0 Å². The molecule has 252 valence electrons. The van der Waals surface area contributed by atoms with Crippen LogP contribution in [0.1, 0.15) is 168 Å². The summed E-state index contributed by atoms with van der Waals surface area (Å²) in [4.78, 5) is 22.6. The molecule has 0 amide bonds. The minimum Gasteiger partial charge on any atom is -0.312 e. The van der Waals surface area contributed by atoms with Crippen molar-refractivity contribution < 1.29 is 18.9 Å². The SMILES string of the molecule is CCCCCCCCCCCCCCCCCCCC(c1ccccc1[N+](=O)[O-])C(C)(C)N(C(C)C)P(=O)(O)OCCC#N. The summed E-state index contributed by atoms with van der Waals surface area (Å²) in [5.74, 6) is -0.372. The third-order valence-corrected chi connectivity index (χ3v) is 10.8. The lowest BCUT2D eigenvalue weighted by molar-refractivity contribution is -0.385. The summed E-state index contributed by atoms with van der Waals surface area (Å²) in [5.41, 5.74) is -0.340. The molecular formula is C35H62N3O5P. The molecule has 0 saturated carbocycles. The molecule has 0 saturated heterocycles. The lowest BCUT2D eigenvalue weighted by Gasteiger charge is -2.47. The number of nitro groups is 1. The van der Waals surface area contributed by atoms with E-state index in [0.717, 1.165) is 19.3 Å². The highest BCUT2D eigenvalue weighted by Crippen LogP contribution is 2.56. The van der Waals surface area contributed by atoms with Gasteiger partial charge >= 0.3 is 7.75 Å². The number of benzene rings is 1. The second-order valence-corrected chi connectivity index (χ2v) is 14.8. The van der Waals surface area contributed by atoms with Crippen LogP contribution in [0, 0.1) is 21.4 Å². The lowest BCUT2D eigenvalue weighted by atomic mass is 9.77. The molecule has 44 heavy (non-hydrogen) atoms. The smallest absolute Gasteiger partial charge is 0.312 e. The molecule has 0 aromatic heterocycles. The van der Waals surface area contributed by atoms with E-state index in [1.54, 1.807) is 18.2 Å². The number of hydrogen-bond donors (Lipinski definition) is 1. The Balaban J connectivity index is 2.66. The first-order valence-corrected chi connectivity index (χ1v) is 18.9. The van der Waals surface area contributed by atoms with E-state index in [-0.39, 0.29) is 35.6 Å². The van der Waals surface area contributed by atoms with Gasteiger partial charge in [-0.05, 0) is 34.1 Å². The minimum atomic E-state index is -4.29. The van der Waals surface area contributed by atoms with E-state index in [1.807, 2.05) is 33.8 Å². The third-order valence-electron chi connectivity index (χ3n) is 8.78. The van der Waals surface area contributed by atoms with Crippen molar-refractivity contribution in [1.82, 2.24) is 4.67 Å².